The number of benzene rings is 1. The van der Waals surface area contributed by atoms with Crippen LogP contribution in [0, 0.1) is 11.6 Å². The van der Waals surface area contributed by atoms with E-state index >= 15 is 0 Å². The Hall–Kier alpha value is -2.32. The third kappa shape index (κ3) is 4.33. The number of rotatable bonds is 4. The smallest absolute Gasteiger partial charge is 0.159 e. The summed E-state index contributed by atoms with van der Waals surface area (Å²) in [7, 11) is 0. The minimum absolute atomic E-state index is 0.619. The zero-order chi connectivity index (χ0) is 18.6. The molecule has 8 heteroatoms. The molecule has 2 aromatic rings. The minimum Gasteiger partial charge on any atom is -0.378 e. The van der Waals surface area contributed by atoms with Gasteiger partial charge in [-0.05, 0) is 17.7 Å². The van der Waals surface area contributed by atoms with Crippen molar-refractivity contribution in [2.24, 2.45) is 0 Å². The lowest BCUT2D eigenvalue weighted by Gasteiger charge is -2.36. The summed E-state index contributed by atoms with van der Waals surface area (Å²) >= 11 is 0. The molecule has 2 saturated heterocycles. The van der Waals surface area contributed by atoms with Crippen molar-refractivity contribution < 1.29 is 13.5 Å². The van der Waals surface area contributed by atoms with Crippen LogP contribution in [0.15, 0.2) is 30.6 Å². The lowest BCUT2D eigenvalue weighted by atomic mass is 10.2. The van der Waals surface area contributed by atoms with Crippen LogP contribution in [0.4, 0.5) is 20.4 Å². The second kappa shape index (κ2) is 8.14. The summed E-state index contributed by atoms with van der Waals surface area (Å²) in [5.74, 6) is 0.276. The van der Waals surface area contributed by atoms with Gasteiger partial charge in [-0.2, -0.15) is 0 Å². The van der Waals surface area contributed by atoms with Crippen LogP contribution >= 0.6 is 0 Å². The second-order valence-electron chi connectivity index (χ2n) is 6.85. The van der Waals surface area contributed by atoms with E-state index in [9.17, 15) is 8.78 Å². The maximum absolute atomic E-state index is 13.4. The Morgan fingerprint density at radius 1 is 0.815 bits per heavy atom. The van der Waals surface area contributed by atoms with Crippen LogP contribution in [0.1, 0.15) is 5.56 Å². The maximum atomic E-state index is 13.4. The molecule has 0 saturated carbocycles. The van der Waals surface area contributed by atoms with E-state index in [0.717, 1.165) is 69.7 Å². The second-order valence-corrected chi connectivity index (χ2v) is 6.85. The zero-order valence-corrected chi connectivity index (χ0v) is 15.2. The Balaban J connectivity index is 1.35. The maximum Gasteiger partial charge on any atom is 0.159 e. The molecular formula is C19H23F2N5O. The van der Waals surface area contributed by atoms with E-state index in [-0.39, 0.29) is 0 Å². The van der Waals surface area contributed by atoms with Crippen LogP contribution in [0.2, 0.25) is 0 Å². The van der Waals surface area contributed by atoms with E-state index in [0.29, 0.717) is 6.54 Å². The number of aromatic nitrogens is 2. The molecule has 0 aliphatic carbocycles. The quantitative estimate of drug-likeness (QED) is 0.814. The van der Waals surface area contributed by atoms with E-state index < -0.39 is 11.6 Å². The summed E-state index contributed by atoms with van der Waals surface area (Å²) in [4.78, 5) is 15.5. The monoisotopic (exact) mass is 375 g/mol. The van der Waals surface area contributed by atoms with Crippen molar-refractivity contribution in [3.8, 4) is 0 Å². The summed E-state index contributed by atoms with van der Waals surface area (Å²) in [6.45, 7) is 7.12. The number of hydrogen-bond acceptors (Lipinski definition) is 6. The largest absolute Gasteiger partial charge is 0.378 e. The van der Waals surface area contributed by atoms with Gasteiger partial charge in [-0.15, -0.1) is 0 Å². The van der Waals surface area contributed by atoms with Gasteiger partial charge in [0.05, 0.1) is 13.2 Å². The fourth-order valence-electron chi connectivity index (χ4n) is 3.51. The fraction of sp³-hybridized carbons (Fsp3) is 0.474. The van der Waals surface area contributed by atoms with Crippen LogP contribution in [0.5, 0.6) is 0 Å². The zero-order valence-electron chi connectivity index (χ0n) is 15.2. The molecule has 0 amide bonds. The molecule has 2 aliphatic rings. The van der Waals surface area contributed by atoms with Crippen molar-refractivity contribution in [3.63, 3.8) is 0 Å². The third-order valence-electron chi connectivity index (χ3n) is 5.06. The standard InChI is InChI=1S/C19H23F2N5O/c20-16-2-1-15(11-17(16)21)13-24-3-5-25(6-4-24)18-12-19(23-14-22-18)26-7-9-27-10-8-26/h1-2,11-12,14H,3-10,13H2. The van der Waals surface area contributed by atoms with E-state index in [2.05, 4.69) is 24.7 Å². The van der Waals surface area contributed by atoms with Crippen LogP contribution in [0.3, 0.4) is 0 Å². The summed E-state index contributed by atoms with van der Waals surface area (Å²) in [6, 6.07) is 6.15. The highest BCUT2D eigenvalue weighted by molar-refractivity contribution is 5.50. The number of halogens is 2. The van der Waals surface area contributed by atoms with Crippen LogP contribution in [0.25, 0.3) is 0 Å². The van der Waals surface area contributed by atoms with E-state index in [1.165, 1.54) is 12.1 Å². The number of nitrogens with zero attached hydrogens (tertiary/aromatic N) is 5. The molecule has 2 fully saturated rings. The van der Waals surface area contributed by atoms with Gasteiger partial charge in [0.2, 0.25) is 0 Å². The molecule has 6 nitrogen and oxygen atoms in total. The Morgan fingerprint density at radius 2 is 1.48 bits per heavy atom. The average molecular weight is 375 g/mol. The number of piperazine rings is 1. The van der Waals surface area contributed by atoms with Crippen molar-refractivity contribution >= 4 is 11.6 Å². The number of ether oxygens (including phenoxy) is 1. The molecule has 27 heavy (non-hydrogen) atoms. The van der Waals surface area contributed by atoms with Crippen molar-refractivity contribution in [1.82, 2.24) is 14.9 Å². The Morgan fingerprint density at radius 3 is 2.15 bits per heavy atom. The molecule has 3 heterocycles. The van der Waals surface area contributed by atoms with Gasteiger partial charge in [-0.25, -0.2) is 18.7 Å². The van der Waals surface area contributed by atoms with Crippen LogP contribution < -0.4 is 9.80 Å². The first kappa shape index (κ1) is 18.1. The highest BCUT2D eigenvalue weighted by Gasteiger charge is 2.20. The average Bonchev–Trinajstić information content (AvgIpc) is 2.72. The molecule has 0 unspecified atom stereocenters. The molecule has 0 N–H and O–H groups in total. The van der Waals surface area contributed by atoms with Crippen molar-refractivity contribution in [1.29, 1.82) is 0 Å². The van der Waals surface area contributed by atoms with E-state index in [1.54, 1.807) is 12.4 Å². The molecule has 4 rings (SSSR count). The highest BCUT2D eigenvalue weighted by Crippen LogP contribution is 2.20. The van der Waals surface area contributed by atoms with Gasteiger partial charge in [-0.3, -0.25) is 4.90 Å². The molecule has 2 aliphatic heterocycles. The van der Waals surface area contributed by atoms with Crippen molar-refractivity contribution in [3.05, 3.63) is 47.8 Å². The molecular weight excluding hydrogens is 352 g/mol. The first-order chi connectivity index (χ1) is 13.2. The molecule has 144 valence electrons. The fourth-order valence-corrected chi connectivity index (χ4v) is 3.51. The summed E-state index contributed by atoms with van der Waals surface area (Å²) in [5.41, 5.74) is 0.791. The normalized spacial score (nSPS) is 18.7. The molecule has 0 bridgehead atoms. The van der Waals surface area contributed by atoms with Gasteiger partial charge in [-0.1, -0.05) is 6.07 Å². The molecule has 0 spiro atoms. The molecule has 1 aromatic heterocycles. The SMILES string of the molecule is Fc1ccc(CN2CCN(c3cc(N4CCOCC4)ncn3)CC2)cc1F. The lowest BCUT2D eigenvalue weighted by molar-refractivity contribution is 0.122. The first-order valence-corrected chi connectivity index (χ1v) is 9.25. The minimum atomic E-state index is -0.802. The van der Waals surface area contributed by atoms with Gasteiger partial charge in [0.1, 0.15) is 18.0 Å². The van der Waals surface area contributed by atoms with Gasteiger partial charge < -0.3 is 14.5 Å². The van der Waals surface area contributed by atoms with Crippen molar-refractivity contribution in [2.45, 2.75) is 6.54 Å². The molecule has 0 atom stereocenters. The Labute approximate surface area is 157 Å². The summed E-state index contributed by atoms with van der Waals surface area (Å²) in [5, 5.41) is 0. The number of morpholine rings is 1. The molecule has 1 aromatic carbocycles. The third-order valence-corrected chi connectivity index (χ3v) is 5.06. The first-order valence-electron chi connectivity index (χ1n) is 9.25. The molecule has 0 radical (unpaired) electrons. The van der Waals surface area contributed by atoms with Gasteiger partial charge in [0.25, 0.3) is 0 Å². The van der Waals surface area contributed by atoms with Crippen LogP contribution in [-0.4, -0.2) is 67.4 Å². The summed E-state index contributed by atoms with van der Waals surface area (Å²) < 4.78 is 31.8. The summed E-state index contributed by atoms with van der Waals surface area (Å²) in [6.07, 6.45) is 1.62. The Bertz CT molecular complexity index is 776. The van der Waals surface area contributed by atoms with Crippen LogP contribution in [-0.2, 0) is 11.3 Å². The van der Waals surface area contributed by atoms with E-state index in [4.69, 9.17) is 4.74 Å². The van der Waals surface area contributed by atoms with Gasteiger partial charge in [0, 0.05) is 51.9 Å². The number of hydrogen-bond donors (Lipinski definition) is 0. The van der Waals surface area contributed by atoms with Crippen molar-refractivity contribution in [2.75, 3.05) is 62.3 Å². The topological polar surface area (TPSA) is 44.7 Å². The predicted octanol–water partition coefficient (Wildman–Crippen LogP) is 1.91. The highest BCUT2D eigenvalue weighted by atomic mass is 19.2. The number of anilines is 2. The van der Waals surface area contributed by atoms with Gasteiger partial charge >= 0.3 is 0 Å². The predicted molar refractivity (Wildman–Crippen MR) is 98.9 cm³/mol. The Kier molecular flexibility index (Phi) is 5.45. The van der Waals surface area contributed by atoms with E-state index in [1.807, 2.05) is 6.07 Å². The van der Waals surface area contributed by atoms with Gasteiger partial charge in [0.15, 0.2) is 11.6 Å². The lowest BCUT2D eigenvalue weighted by Crippen LogP contribution is -2.46.